The third kappa shape index (κ3) is 3.80. The molecule has 25 heavy (non-hydrogen) atoms. The molecule has 0 amide bonds. The Morgan fingerprint density at radius 2 is 1.72 bits per heavy atom. The Bertz CT molecular complexity index is 842. The van der Waals surface area contributed by atoms with Gasteiger partial charge in [-0.15, -0.1) is 0 Å². The molecule has 0 spiro atoms. The smallest absolute Gasteiger partial charge is 0.129 e. The lowest BCUT2D eigenvalue weighted by Crippen LogP contribution is -2.37. The number of para-hydroxylation sites is 1. The summed E-state index contributed by atoms with van der Waals surface area (Å²) < 4.78 is 18.9. The molecule has 1 fully saturated rings. The molecule has 0 saturated carbocycles. The number of piperidine rings is 1. The molecule has 128 valence electrons. The highest BCUT2D eigenvalue weighted by Gasteiger charge is 2.20. The molecule has 1 saturated heterocycles. The minimum Gasteiger partial charge on any atom is -0.373 e. The summed E-state index contributed by atoms with van der Waals surface area (Å²) in [6.07, 6.45) is 2.22. The highest BCUT2D eigenvalue weighted by molar-refractivity contribution is 5.80. The van der Waals surface area contributed by atoms with Crippen LogP contribution < -0.4 is 4.90 Å². The van der Waals surface area contributed by atoms with Gasteiger partial charge in [0.25, 0.3) is 0 Å². The van der Waals surface area contributed by atoms with Crippen molar-refractivity contribution >= 4 is 16.7 Å². The number of rotatable bonds is 4. The number of pyridine rings is 1. The van der Waals surface area contributed by atoms with Gasteiger partial charge in [0.1, 0.15) is 11.6 Å². The van der Waals surface area contributed by atoms with Crippen molar-refractivity contribution in [3.8, 4) is 0 Å². The van der Waals surface area contributed by atoms with Crippen LogP contribution in [-0.4, -0.2) is 24.2 Å². The fourth-order valence-corrected chi connectivity index (χ4v) is 3.28. The molecular weight excluding hydrogens is 315 g/mol. The molecule has 1 aliphatic heterocycles. The van der Waals surface area contributed by atoms with Gasteiger partial charge in [0.2, 0.25) is 0 Å². The number of nitrogens with zero attached hydrogens (tertiary/aromatic N) is 2. The number of halogens is 1. The van der Waals surface area contributed by atoms with E-state index in [1.165, 1.54) is 17.5 Å². The molecule has 4 heteroatoms. The summed E-state index contributed by atoms with van der Waals surface area (Å²) in [4.78, 5) is 7.10. The minimum absolute atomic E-state index is 0.208. The Hall–Kier alpha value is -2.46. The van der Waals surface area contributed by atoms with E-state index in [4.69, 9.17) is 9.72 Å². The van der Waals surface area contributed by atoms with Crippen LogP contribution in [0.1, 0.15) is 18.4 Å². The normalized spacial score (nSPS) is 15.6. The maximum atomic E-state index is 12.9. The van der Waals surface area contributed by atoms with Crippen LogP contribution in [-0.2, 0) is 11.3 Å². The van der Waals surface area contributed by atoms with E-state index in [2.05, 4.69) is 29.2 Å². The molecule has 1 aromatic heterocycles. The van der Waals surface area contributed by atoms with E-state index in [1.54, 1.807) is 12.1 Å². The minimum atomic E-state index is -0.208. The van der Waals surface area contributed by atoms with E-state index >= 15 is 0 Å². The standard InChI is InChI=1S/C21H21FN2O/c22-18-8-5-16(6-9-18)15-25-19-11-13-24(14-12-19)21-10-7-17-3-1-2-4-20(17)23-21/h1-10,19H,11-15H2. The van der Waals surface area contributed by atoms with Crippen molar-refractivity contribution in [2.45, 2.75) is 25.6 Å². The Morgan fingerprint density at radius 3 is 2.52 bits per heavy atom. The van der Waals surface area contributed by atoms with Gasteiger partial charge in [-0.05, 0) is 48.7 Å². The summed E-state index contributed by atoms with van der Waals surface area (Å²) in [6.45, 7) is 2.43. The SMILES string of the molecule is Fc1ccc(COC2CCN(c3ccc4ccccc4n3)CC2)cc1. The van der Waals surface area contributed by atoms with Gasteiger partial charge in [-0.3, -0.25) is 0 Å². The van der Waals surface area contributed by atoms with E-state index in [1.807, 2.05) is 12.1 Å². The maximum Gasteiger partial charge on any atom is 0.129 e. The Balaban J connectivity index is 1.33. The first kappa shape index (κ1) is 16.0. The molecule has 0 bridgehead atoms. The number of benzene rings is 2. The van der Waals surface area contributed by atoms with Crippen LogP contribution in [0.5, 0.6) is 0 Å². The van der Waals surface area contributed by atoms with Gasteiger partial charge >= 0.3 is 0 Å². The van der Waals surface area contributed by atoms with Crippen LogP contribution in [0.2, 0.25) is 0 Å². The van der Waals surface area contributed by atoms with Gasteiger partial charge in [-0.25, -0.2) is 9.37 Å². The van der Waals surface area contributed by atoms with E-state index < -0.39 is 0 Å². The van der Waals surface area contributed by atoms with Crippen molar-refractivity contribution in [3.05, 3.63) is 72.0 Å². The first-order chi connectivity index (χ1) is 12.3. The van der Waals surface area contributed by atoms with Crippen LogP contribution >= 0.6 is 0 Å². The molecule has 0 N–H and O–H groups in total. The van der Waals surface area contributed by atoms with E-state index in [9.17, 15) is 4.39 Å². The second-order valence-electron chi connectivity index (χ2n) is 6.49. The van der Waals surface area contributed by atoms with E-state index in [0.29, 0.717) is 6.61 Å². The molecule has 4 rings (SSSR count). The van der Waals surface area contributed by atoms with Gasteiger partial charge in [-0.1, -0.05) is 30.3 Å². The quantitative estimate of drug-likeness (QED) is 0.698. The molecule has 2 aromatic carbocycles. The van der Waals surface area contributed by atoms with Gasteiger partial charge in [0, 0.05) is 18.5 Å². The third-order valence-electron chi connectivity index (χ3n) is 4.75. The first-order valence-corrected chi connectivity index (χ1v) is 8.75. The van der Waals surface area contributed by atoms with Crippen molar-refractivity contribution < 1.29 is 9.13 Å². The summed E-state index contributed by atoms with van der Waals surface area (Å²) in [5.41, 5.74) is 2.05. The average Bonchev–Trinajstić information content (AvgIpc) is 2.68. The predicted octanol–water partition coefficient (Wildman–Crippen LogP) is 4.56. The number of hydrogen-bond donors (Lipinski definition) is 0. The second-order valence-corrected chi connectivity index (χ2v) is 6.49. The van der Waals surface area contributed by atoms with Gasteiger partial charge in [-0.2, -0.15) is 0 Å². The molecule has 0 aliphatic carbocycles. The molecule has 1 aliphatic rings. The van der Waals surface area contributed by atoms with Gasteiger partial charge < -0.3 is 9.64 Å². The fourth-order valence-electron chi connectivity index (χ4n) is 3.28. The Labute approximate surface area is 147 Å². The summed E-state index contributed by atoms with van der Waals surface area (Å²) >= 11 is 0. The Kier molecular flexibility index (Phi) is 4.61. The molecule has 0 unspecified atom stereocenters. The van der Waals surface area contributed by atoms with Crippen LogP contribution in [0.15, 0.2) is 60.7 Å². The van der Waals surface area contributed by atoms with Crippen LogP contribution in [0, 0.1) is 5.82 Å². The zero-order valence-corrected chi connectivity index (χ0v) is 14.1. The number of aromatic nitrogens is 1. The first-order valence-electron chi connectivity index (χ1n) is 8.75. The maximum absolute atomic E-state index is 12.9. The van der Waals surface area contributed by atoms with Gasteiger partial charge in [0.15, 0.2) is 0 Å². The average molecular weight is 336 g/mol. The summed E-state index contributed by atoms with van der Waals surface area (Å²) in [6, 6.07) is 18.9. The largest absolute Gasteiger partial charge is 0.373 e. The number of anilines is 1. The van der Waals surface area contributed by atoms with Crippen molar-refractivity contribution in [3.63, 3.8) is 0 Å². The molecule has 2 heterocycles. The van der Waals surface area contributed by atoms with Crippen molar-refractivity contribution in [1.29, 1.82) is 0 Å². The second kappa shape index (κ2) is 7.19. The highest BCUT2D eigenvalue weighted by Crippen LogP contribution is 2.23. The van der Waals surface area contributed by atoms with E-state index in [0.717, 1.165) is 42.8 Å². The lowest BCUT2D eigenvalue weighted by Gasteiger charge is -2.32. The predicted molar refractivity (Wildman–Crippen MR) is 98.2 cm³/mol. The third-order valence-corrected chi connectivity index (χ3v) is 4.75. The number of hydrogen-bond acceptors (Lipinski definition) is 3. The monoisotopic (exact) mass is 336 g/mol. The summed E-state index contributed by atoms with van der Waals surface area (Å²) in [7, 11) is 0. The molecule has 0 radical (unpaired) electrons. The van der Waals surface area contributed by atoms with E-state index in [-0.39, 0.29) is 11.9 Å². The van der Waals surface area contributed by atoms with Crippen LogP contribution in [0.3, 0.4) is 0 Å². The van der Waals surface area contributed by atoms with Crippen molar-refractivity contribution in [1.82, 2.24) is 4.98 Å². The molecule has 3 nitrogen and oxygen atoms in total. The highest BCUT2D eigenvalue weighted by atomic mass is 19.1. The van der Waals surface area contributed by atoms with Crippen LogP contribution in [0.25, 0.3) is 10.9 Å². The zero-order valence-electron chi connectivity index (χ0n) is 14.1. The van der Waals surface area contributed by atoms with Crippen LogP contribution in [0.4, 0.5) is 10.2 Å². The molecule has 3 aromatic rings. The number of fused-ring (bicyclic) bond motifs is 1. The zero-order chi connectivity index (χ0) is 17.1. The Morgan fingerprint density at radius 1 is 0.960 bits per heavy atom. The topological polar surface area (TPSA) is 25.4 Å². The lowest BCUT2D eigenvalue weighted by atomic mass is 10.1. The van der Waals surface area contributed by atoms with Crippen molar-refractivity contribution in [2.75, 3.05) is 18.0 Å². The summed E-state index contributed by atoms with van der Waals surface area (Å²) in [5.74, 6) is 0.829. The lowest BCUT2D eigenvalue weighted by molar-refractivity contribution is 0.0250. The summed E-state index contributed by atoms with van der Waals surface area (Å²) in [5, 5.41) is 1.17. The van der Waals surface area contributed by atoms with Gasteiger partial charge in [0.05, 0.1) is 18.2 Å². The molecular formula is C21H21FN2O. The molecule has 0 atom stereocenters. The van der Waals surface area contributed by atoms with Crippen molar-refractivity contribution in [2.24, 2.45) is 0 Å². The number of ether oxygens (including phenoxy) is 1. The fraction of sp³-hybridized carbons (Fsp3) is 0.286.